The minimum absolute atomic E-state index is 0.415. The zero-order chi connectivity index (χ0) is 9.35. The normalized spacial score (nSPS) is 13.8. The molecule has 70 valence electrons. The third-order valence-corrected chi connectivity index (χ3v) is 3.27. The number of hydrogen-bond donors (Lipinski definition) is 1. The molecule has 0 atom stereocenters. The van der Waals surface area contributed by atoms with E-state index in [-0.39, 0.29) is 0 Å². The van der Waals surface area contributed by atoms with Crippen molar-refractivity contribution >= 4 is 20.7 Å². The fourth-order valence-electron chi connectivity index (χ4n) is 1.00. The zero-order valence-electron chi connectivity index (χ0n) is 7.87. The van der Waals surface area contributed by atoms with Gasteiger partial charge in [0.2, 0.25) is 0 Å². The summed E-state index contributed by atoms with van der Waals surface area (Å²) in [6.07, 6.45) is 5.68. The summed E-state index contributed by atoms with van der Waals surface area (Å²) >= 11 is 4.52. The molecule has 0 saturated heterocycles. The summed E-state index contributed by atoms with van der Waals surface area (Å²) in [4.78, 5) is 4.19. The highest BCUT2D eigenvalue weighted by atomic mass is 33.1. The van der Waals surface area contributed by atoms with Crippen molar-refractivity contribution in [2.75, 3.05) is 12.5 Å². The van der Waals surface area contributed by atoms with Gasteiger partial charge < -0.3 is 4.42 Å². The smallest absolute Gasteiger partial charge is 0.182 e. The van der Waals surface area contributed by atoms with Gasteiger partial charge >= 0.3 is 0 Å². The van der Waals surface area contributed by atoms with Crippen LogP contribution in [0.4, 0.5) is 0 Å². The van der Waals surface area contributed by atoms with Gasteiger partial charge in [0, 0.05) is 0 Å². The van der Waals surface area contributed by atoms with Crippen LogP contribution in [0.2, 0.25) is 0 Å². The van der Waals surface area contributed by atoms with E-state index in [9.17, 15) is 0 Å². The van der Waals surface area contributed by atoms with Crippen LogP contribution >= 0.6 is 20.7 Å². The lowest BCUT2D eigenvalue weighted by atomic mass is 10.2. The molecular weight excluding hydrogens is 190 g/mol. The Balaban J connectivity index is 3.08. The van der Waals surface area contributed by atoms with Crippen LogP contribution in [0.15, 0.2) is 15.9 Å². The summed E-state index contributed by atoms with van der Waals surface area (Å²) in [5, 5.41) is 0.959. The maximum atomic E-state index is 5.34. The second kappa shape index (κ2) is 3.34. The summed E-state index contributed by atoms with van der Waals surface area (Å²) in [6.45, 7) is 4.22. The van der Waals surface area contributed by atoms with Crippen LogP contribution in [0.3, 0.4) is 0 Å². The summed E-state index contributed by atoms with van der Waals surface area (Å²) in [7, 11) is -1.07. The van der Waals surface area contributed by atoms with Crippen molar-refractivity contribution < 1.29 is 4.42 Å². The van der Waals surface area contributed by atoms with Gasteiger partial charge in [-0.2, -0.15) is 0 Å². The molecule has 0 bridgehead atoms. The molecule has 0 radical (unpaired) electrons. The Labute approximate surface area is 79.9 Å². The van der Waals surface area contributed by atoms with Crippen molar-refractivity contribution in [3.8, 4) is 0 Å². The third kappa shape index (κ3) is 1.98. The number of hydrogen-bond acceptors (Lipinski definition) is 3. The van der Waals surface area contributed by atoms with Gasteiger partial charge in [0.05, 0.1) is 5.69 Å². The van der Waals surface area contributed by atoms with Gasteiger partial charge in [0.1, 0.15) is 0 Å². The first-order valence-electron chi connectivity index (χ1n) is 3.82. The van der Waals surface area contributed by atoms with Crippen molar-refractivity contribution in [3.63, 3.8) is 0 Å². The number of nitrogens with zero attached hydrogens (tertiary/aromatic N) is 1. The van der Waals surface area contributed by atoms with Crippen molar-refractivity contribution in [1.82, 2.24) is 4.98 Å². The molecule has 2 nitrogen and oxygen atoms in total. The molecule has 1 aromatic rings. The molecule has 0 fully saturated rings. The molecule has 0 N–H and O–H groups in total. The minimum atomic E-state index is -1.07. The SMILES string of the molecule is CC(C)c1ncoc1S(C)(C)S. The predicted octanol–water partition coefficient (Wildman–Crippen LogP) is 3.07. The van der Waals surface area contributed by atoms with E-state index in [1.54, 1.807) is 0 Å². The first-order valence-corrected chi connectivity index (χ1v) is 7.32. The monoisotopic (exact) mass is 205 g/mol. The quantitative estimate of drug-likeness (QED) is 0.593. The molecule has 1 aromatic heterocycles. The molecule has 0 aliphatic carbocycles. The molecule has 1 heterocycles. The zero-order valence-corrected chi connectivity index (χ0v) is 9.58. The lowest BCUT2D eigenvalue weighted by molar-refractivity contribution is 0.461. The Morgan fingerprint density at radius 3 is 2.42 bits per heavy atom. The minimum Gasteiger partial charge on any atom is -0.438 e. The molecular formula is C8H15NOS2. The predicted molar refractivity (Wildman–Crippen MR) is 57.3 cm³/mol. The average Bonchev–Trinajstić information content (AvgIpc) is 2.30. The molecule has 0 unspecified atom stereocenters. The average molecular weight is 205 g/mol. The topological polar surface area (TPSA) is 26.0 Å². The lowest BCUT2D eigenvalue weighted by Gasteiger charge is -2.22. The van der Waals surface area contributed by atoms with E-state index in [0.29, 0.717) is 5.92 Å². The van der Waals surface area contributed by atoms with Crippen molar-refractivity contribution in [3.05, 3.63) is 12.1 Å². The van der Waals surface area contributed by atoms with E-state index < -0.39 is 9.06 Å². The van der Waals surface area contributed by atoms with Crippen molar-refractivity contribution in [2.24, 2.45) is 0 Å². The van der Waals surface area contributed by atoms with Crippen molar-refractivity contribution in [1.29, 1.82) is 0 Å². The highest BCUT2D eigenvalue weighted by Gasteiger charge is 2.21. The van der Waals surface area contributed by atoms with Crippen LogP contribution in [-0.2, 0) is 0 Å². The van der Waals surface area contributed by atoms with E-state index >= 15 is 0 Å². The summed E-state index contributed by atoms with van der Waals surface area (Å²) < 4.78 is 5.34. The molecule has 12 heavy (non-hydrogen) atoms. The Bertz CT molecular complexity index is 262. The lowest BCUT2D eigenvalue weighted by Crippen LogP contribution is -1.95. The Kier molecular flexibility index (Phi) is 2.78. The van der Waals surface area contributed by atoms with Crippen LogP contribution < -0.4 is 0 Å². The summed E-state index contributed by atoms with van der Waals surface area (Å²) in [5.74, 6) is 0.415. The van der Waals surface area contributed by atoms with Gasteiger partial charge in [-0.15, -0.1) is 20.7 Å². The van der Waals surface area contributed by atoms with Crippen LogP contribution in [0.5, 0.6) is 0 Å². The van der Waals surface area contributed by atoms with Gasteiger partial charge in [-0.3, -0.25) is 0 Å². The van der Waals surface area contributed by atoms with Crippen LogP contribution in [-0.4, -0.2) is 17.5 Å². The molecule has 0 spiro atoms. The van der Waals surface area contributed by atoms with Gasteiger partial charge in [-0.05, 0) is 18.4 Å². The van der Waals surface area contributed by atoms with Crippen LogP contribution in [0.1, 0.15) is 25.5 Å². The molecule has 1 rings (SSSR count). The highest BCUT2D eigenvalue weighted by molar-refractivity contribution is 8.87. The van der Waals surface area contributed by atoms with E-state index in [2.05, 4.69) is 43.0 Å². The van der Waals surface area contributed by atoms with Crippen LogP contribution in [0, 0.1) is 0 Å². The molecule has 0 aliphatic heterocycles. The molecule has 0 aromatic carbocycles. The maximum absolute atomic E-state index is 5.34. The van der Waals surface area contributed by atoms with E-state index in [0.717, 1.165) is 10.8 Å². The highest BCUT2D eigenvalue weighted by Crippen LogP contribution is 2.55. The van der Waals surface area contributed by atoms with Crippen molar-refractivity contribution in [2.45, 2.75) is 24.9 Å². The third-order valence-electron chi connectivity index (χ3n) is 1.56. The molecule has 0 amide bonds. The second-order valence-electron chi connectivity index (χ2n) is 3.45. The first kappa shape index (κ1) is 9.99. The van der Waals surface area contributed by atoms with E-state index in [4.69, 9.17) is 4.42 Å². The van der Waals surface area contributed by atoms with Gasteiger partial charge in [0.25, 0.3) is 0 Å². The largest absolute Gasteiger partial charge is 0.438 e. The maximum Gasteiger partial charge on any atom is 0.182 e. The number of aromatic nitrogens is 1. The molecule has 0 saturated carbocycles. The van der Waals surface area contributed by atoms with Crippen LogP contribution in [0.25, 0.3) is 0 Å². The number of rotatable bonds is 2. The summed E-state index contributed by atoms with van der Waals surface area (Å²) in [5.41, 5.74) is 1.05. The Morgan fingerprint density at radius 2 is 2.08 bits per heavy atom. The molecule has 0 aliphatic rings. The van der Waals surface area contributed by atoms with Gasteiger partial charge in [0.15, 0.2) is 11.5 Å². The Morgan fingerprint density at radius 1 is 1.50 bits per heavy atom. The van der Waals surface area contributed by atoms with Gasteiger partial charge in [-0.25, -0.2) is 4.98 Å². The number of thiol groups is 1. The van der Waals surface area contributed by atoms with E-state index in [1.165, 1.54) is 6.39 Å². The fourth-order valence-corrected chi connectivity index (χ4v) is 2.49. The first-order chi connectivity index (χ1) is 5.43. The van der Waals surface area contributed by atoms with E-state index in [1.807, 2.05) is 0 Å². The fraction of sp³-hybridized carbons (Fsp3) is 0.625. The molecule has 4 heteroatoms. The van der Waals surface area contributed by atoms with Gasteiger partial charge in [-0.1, -0.05) is 13.8 Å². The number of oxazole rings is 1. The standard InChI is InChI=1S/C8H15NOS2/c1-6(2)7-8(10-5-9-7)12(3,4)11/h5-6,11H,1-4H3. The second-order valence-corrected chi connectivity index (χ2v) is 9.11. The summed E-state index contributed by atoms with van der Waals surface area (Å²) in [6, 6.07) is 0. The Hall–Kier alpha value is -0.0900.